The Kier molecular flexibility index (Phi) is 6.63. The quantitative estimate of drug-likeness (QED) is 0.755. The molecule has 0 spiro atoms. The number of aromatic nitrogens is 1. The van der Waals surface area contributed by atoms with Gasteiger partial charge < -0.3 is 19.5 Å². The van der Waals surface area contributed by atoms with Gasteiger partial charge in [0.25, 0.3) is 0 Å². The molecule has 150 valence electrons. The minimum atomic E-state index is -0.152. The van der Waals surface area contributed by atoms with E-state index in [0.717, 1.165) is 5.56 Å². The van der Waals surface area contributed by atoms with Crippen LogP contribution in [0.4, 0.5) is 5.82 Å². The summed E-state index contributed by atoms with van der Waals surface area (Å²) >= 11 is 0. The molecule has 1 aliphatic heterocycles. The van der Waals surface area contributed by atoms with Gasteiger partial charge in [-0.3, -0.25) is 9.59 Å². The Balaban J connectivity index is 1.46. The predicted octanol–water partition coefficient (Wildman–Crippen LogP) is 2.78. The van der Waals surface area contributed by atoms with Gasteiger partial charge >= 0.3 is 0 Å². The number of nitrogens with zero attached hydrogens (tertiary/aromatic N) is 3. The number of nitriles is 1. The molecule has 0 bridgehead atoms. The average molecular weight is 394 g/mol. The van der Waals surface area contributed by atoms with Crippen LogP contribution in [0.1, 0.15) is 24.2 Å². The van der Waals surface area contributed by atoms with E-state index in [1.54, 1.807) is 36.1 Å². The zero-order valence-electron chi connectivity index (χ0n) is 16.1. The molecule has 3 rings (SSSR count). The van der Waals surface area contributed by atoms with Crippen LogP contribution in [-0.4, -0.2) is 41.6 Å². The van der Waals surface area contributed by atoms with E-state index in [2.05, 4.69) is 10.5 Å². The highest BCUT2D eigenvalue weighted by molar-refractivity contribution is 5.93. The monoisotopic (exact) mass is 394 g/mol. The lowest BCUT2D eigenvalue weighted by Gasteiger charge is -2.30. The third-order valence-corrected chi connectivity index (χ3v) is 4.66. The number of hydrogen-bond acceptors (Lipinski definition) is 6. The first-order valence-corrected chi connectivity index (χ1v) is 9.36. The zero-order chi connectivity index (χ0) is 20.6. The highest BCUT2D eigenvalue weighted by Crippen LogP contribution is 2.20. The van der Waals surface area contributed by atoms with Gasteiger partial charge in [-0.1, -0.05) is 17.3 Å². The minimum Gasteiger partial charge on any atom is -0.479 e. The normalized spacial score (nSPS) is 14.6. The lowest BCUT2D eigenvalue weighted by molar-refractivity contribution is -0.130. The number of rotatable bonds is 6. The van der Waals surface area contributed by atoms with Gasteiger partial charge in [-0.25, -0.2) is 0 Å². The lowest BCUT2D eigenvalue weighted by atomic mass is 9.96. The first-order chi connectivity index (χ1) is 14.0. The fourth-order valence-corrected chi connectivity index (χ4v) is 3.08. The molecule has 0 radical (unpaired) electrons. The first-order valence-electron chi connectivity index (χ1n) is 9.36. The summed E-state index contributed by atoms with van der Waals surface area (Å²) in [4.78, 5) is 26.5. The molecule has 29 heavy (non-hydrogen) atoms. The van der Waals surface area contributed by atoms with E-state index in [9.17, 15) is 9.59 Å². The second-order valence-corrected chi connectivity index (χ2v) is 6.76. The van der Waals surface area contributed by atoms with E-state index < -0.39 is 0 Å². The zero-order valence-corrected chi connectivity index (χ0v) is 16.1. The maximum absolute atomic E-state index is 12.4. The summed E-state index contributed by atoms with van der Waals surface area (Å²) in [6.45, 7) is 2.82. The summed E-state index contributed by atoms with van der Waals surface area (Å²) in [5.74, 6) is 1.33. The van der Waals surface area contributed by atoms with Gasteiger partial charge in [-0.15, -0.1) is 0 Å². The molecule has 0 saturated carbocycles. The number of likely N-dealkylation sites (tertiary alicyclic amines) is 1. The van der Waals surface area contributed by atoms with Crippen LogP contribution in [0.15, 0.2) is 40.9 Å². The highest BCUT2D eigenvalue weighted by atomic mass is 16.5. The van der Waals surface area contributed by atoms with Crippen molar-refractivity contribution in [1.29, 1.82) is 5.26 Å². The number of carbonyl (C=O) groups excluding carboxylic acids is 2. The van der Waals surface area contributed by atoms with Crippen LogP contribution in [0.5, 0.6) is 5.75 Å². The molecule has 2 amide bonds. The smallest absolute Gasteiger partial charge is 0.246 e. The van der Waals surface area contributed by atoms with Crippen molar-refractivity contribution in [2.45, 2.75) is 19.8 Å². The van der Waals surface area contributed by atoms with Crippen LogP contribution in [-0.2, 0) is 9.59 Å². The third kappa shape index (κ3) is 5.69. The molecule has 1 N–H and O–H groups in total. The summed E-state index contributed by atoms with van der Waals surface area (Å²) in [5, 5.41) is 15.0. The van der Waals surface area contributed by atoms with Crippen molar-refractivity contribution >= 4 is 23.7 Å². The number of amides is 2. The van der Waals surface area contributed by atoms with Crippen LogP contribution < -0.4 is 10.1 Å². The van der Waals surface area contributed by atoms with Crippen molar-refractivity contribution < 1.29 is 18.8 Å². The molecule has 1 fully saturated rings. The summed E-state index contributed by atoms with van der Waals surface area (Å²) in [7, 11) is 0. The topological polar surface area (TPSA) is 108 Å². The van der Waals surface area contributed by atoms with Crippen LogP contribution in [0.2, 0.25) is 0 Å². The van der Waals surface area contributed by atoms with Gasteiger partial charge in [-0.2, -0.15) is 5.26 Å². The van der Waals surface area contributed by atoms with Crippen molar-refractivity contribution in [3.05, 3.63) is 47.7 Å². The molecule has 8 heteroatoms. The molecule has 0 atom stereocenters. The van der Waals surface area contributed by atoms with Crippen molar-refractivity contribution in [2.24, 2.45) is 5.92 Å². The van der Waals surface area contributed by atoms with Gasteiger partial charge in [-0.05, 0) is 43.5 Å². The molecule has 8 nitrogen and oxygen atoms in total. The van der Waals surface area contributed by atoms with Gasteiger partial charge in [0, 0.05) is 31.1 Å². The minimum absolute atomic E-state index is 0.000119. The second-order valence-electron chi connectivity index (χ2n) is 6.76. The third-order valence-electron chi connectivity index (χ3n) is 4.66. The van der Waals surface area contributed by atoms with Crippen LogP contribution in [0.25, 0.3) is 6.08 Å². The number of anilines is 1. The number of piperidine rings is 1. The molecule has 0 aliphatic carbocycles. The molecule has 2 aromatic rings. The number of ether oxygens (including phenoxy) is 1. The molecular weight excluding hydrogens is 372 g/mol. The van der Waals surface area contributed by atoms with Crippen molar-refractivity contribution in [3.8, 4) is 11.8 Å². The Morgan fingerprint density at radius 2 is 2.07 bits per heavy atom. The summed E-state index contributed by atoms with van der Waals surface area (Å²) in [6.07, 6.45) is 4.48. The predicted molar refractivity (Wildman–Crippen MR) is 106 cm³/mol. The molecule has 1 aromatic heterocycles. The highest BCUT2D eigenvalue weighted by Gasteiger charge is 2.27. The van der Waals surface area contributed by atoms with Crippen LogP contribution >= 0.6 is 0 Å². The van der Waals surface area contributed by atoms with Crippen molar-refractivity contribution in [3.63, 3.8) is 0 Å². The number of hydrogen-bond donors (Lipinski definition) is 1. The maximum atomic E-state index is 12.4. The molecule has 1 aliphatic rings. The van der Waals surface area contributed by atoms with Crippen LogP contribution in [0.3, 0.4) is 0 Å². The summed E-state index contributed by atoms with van der Waals surface area (Å²) in [6, 6.07) is 10.7. The fraction of sp³-hybridized carbons (Fsp3) is 0.333. The van der Waals surface area contributed by atoms with E-state index in [-0.39, 0.29) is 24.3 Å². The van der Waals surface area contributed by atoms with E-state index in [0.29, 0.717) is 43.3 Å². The first kappa shape index (κ1) is 20.1. The molecular formula is C21H22N4O4. The van der Waals surface area contributed by atoms with Gasteiger partial charge in [0.1, 0.15) is 17.6 Å². The largest absolute Gasteiger partial charge is 0.479 e. The summed E-state index contributed by atoms with van der Waals surface area (Å²) in [5.41, 5.74) is 0.861. The lowest BCUT2D eigenvalue weighted by Crippen LogP contribution is -2.40. The summed E-state index contributed by atoms with van der Waals surface area (Å²) < 4.78 is 10.1. The van der Waals surface area contributed by atoms with E-state index in [1.165, 1.54) is 6.08 Å². The Bertz CT molecular complexity index is 919. The van der Waals surface area contributed by atoms with E-state index in [4.69, 9.17) is 14.5 Å². The van der Waals surface area contributed by atoms with E-state index in [1.807, 2.05) is 18.2 Å². The standard InChI is InChI=1S/C21H22N4O4/c1-15-14-19(24-29-15)23-21(27)17-8-11-25(12-9-17)20(26)7-4-16-2-5-18(6-3-16)28-13-10-22/h2-7,14,17H,8-9,11-13H2,1H3,(H,23,24,27)/b7-4+. The van der Waals surface area contributed by atoms with Crippen molar-refractivity contribution in [1.82, 2.24) is 10.1 Å². The Morgan fingerprint density at radius 3 is 2.69 bits per heavy atom. The van der Waals surface area contributed by atoms with Gasteiger partial charge in [0.15, 0.2) is 12.4 Å². The maximum Gasteiger partial charge on any atom is 0.246 e. The number of nitrogens with one attached hydrogen (secondary N) is 1. The Labute approximate surface area is 168 Å². The molecule has 1 aromatic carbocycles. The van der Waals surface area contributed by atoms with E-state index >= 15 is 0 Å². The molecule has 1 saturated heterocycles. The van der Waals surface area contributed by atoms with Crippen LogP contribution in [0, 0.1) is 24.2 Å². The van der Waals surface area contributed by atoms with Gasteiger partial charge in [0.05, 0.1) is 0 Å². The van der Waals surface area contributed by atoms with Crippen molar-refractivity contribution in [2.75, 3.05) is 25.0 Å². The number of benzene rings is 1. The molecule has 0 unspecified atom stereocenters. The number of carbonyl (C=O) groups is 2. The van der Waals surface area contributed by atoms with Gasteiger partial charge in [0.2, 0.25) is 11.8 Å². The Hall–Kier alpha value is -3.60. The second kappa shape index (κ2) is 9.55. The number of aryl methyl sites for hydroxylation is 1. The molecule has 2 heterocycles. The average Bonchev–Trinajstić information content (AvgIpc) is 3.15. The Morgan fingerprint density at radius 1 is 1.34 bits per heavy atom. The SMILES string of the molecule is Cc1cc(NC(=O)C2CCN(C(=O)/C=C/c3ccc(OCC#N)cc3)CC2)no1. The fourth-order valence-electron chi connectivity index (χ4n) is 3.08.